The quantitative estimate of drug-likeness (QED) is 0.270. The van der Waals surface area contributed by atoms with E-state index in [4.69, 9.17) is 0 Å². The van der Waals surface area contributed by atoms with Gasteiger partial charge >= 0.3 is 67.0 Å². The molecule has 76 valence electrons. The van der Waals surface area contributed by atoms with E-state index in [1.165, 1.54) is 0 Å². The molecule has 0 aliphatic heterocycles. The molecule has 0 aromatic heterocycles. The van der Waals surface area contributed by atoms with Crippen LogP contribution in [0.25, 0.3) is 0 Å². The SMILES string of the molecule is CCCCOS(=O)(=O)C(F)(F)F.[H-].[K+]. The molecule has 0 N–H and O–H groups in total. The summed E-state index contributed by atoms with van der Waals surface area (Å²) in [5, 5.41) is 0. The summed E-state index contributed by atoms with van der Waals surface area (Å²) in [6.45, 7) is 1.29. The second-order valence-corrected chi connectivity index (χ2v) is 3.68. The van der Waals surface area contributed by atoms with E-state index >= 15 is 0 Å². The first kappa shape index (κ1) is 16.8. The van der Waals surface area contributed by atoms with Gasteiger partial charge in [-0.15, -0.1) is 0 Å². The molecule has 0 aliphatic rings. The fourth-order valence-electron chi connectivity index (χ4n) is 0.380. The summed E-state index contributed by atoms with van der Waals surface area (Å²) in [4.78, 5) is 0. The van der Waals surface area contributed by atoms with Gasteiger partial charge < -0.3 is 1.43 Å². The van der Waals surface area contributed by atoms with Crippen molar-refractivity contribution in [3.8, 4) is 0 Å². The van der Waals surface area contributed by atoms with E-state index < -0.39 is 22.2 Å². The van der Waals surface area contributed by atoms with E-state index in [-0.39, 0.29) is 59.2 Å². The Kier molecular flexibility index (Phi) is 8.70. The molecule has 0 aromatic carbocycles. The molecule has 0 unspecified atom stereocenters. The van der Waals surface area contributed by atoms with E-state index in [1.54, 1.807) is 6.92 Å². The van der Waals surface area contributed by atoms with Gasteiger partial charge in [-0.25, -0.2) is 0 Å². The third-order valence-electron chi connectivity index (χ3n) is 1.02. The summed E-state index contributed by atoms with van der Waals surface area (Å²) < 4.78 is 58.7. The van der Waals surface area contributed by atoms with Crippen molar-refractivity contribution in [3.05, 3.63) is 0 Å². The predicted octanol–water partition coefficient (Wildman–Crippen LogP) is -1.23. The second-order valence-electron chi connectivity index (χ2n) is 2.08. The van der Waals surface area contributed by atoms with Crippen LogP contribution < -0.4 is 51.4 Å². The predicted molar refractivity (Wildman–Crippen MR) is 36.9 cm³/mol. The van der Waals surface area contributed by atoms with Gasteiger partial charge in [0.2, 0.25) is 0 Å². The van der Waals surface area contributed by atoms with Crippen LogP contribution in [0.15, 0.2) is 0 Å². The molecule has 0 spiro atoms. The number of unbranched alkanes of at least 4 members (excludes halogenated alkanes) is 1. The summed E-state index contributed by atoms with van der Waals surface area (Å²) in [5.74, 6) is 0. The molecule has 0 fully saturated rings. The van der Waals surface area contributed by atoms with Gasteiger partial charge in [0.1, 0.15) is 0 Å². The Balaban J connectivity index is -0.000000605. The summed E-state index contributed by atoms with van der Waals surface area (Å²) in [5.41, 5.74) is -5.30. The zero-order valence-corrected chi connectivity index (χ0v) is 11.3. The zero-order chi connectivity index (χ0) is 9.83. The molecule has 0 atom stereocenters. The van der Waals surface area contributed by atoms with Crippen molar-refractivity contribution in [3.63, 3.8) is 0 Å². The van der Waals surface area contributed by atoms with Gasteiger partial charge in [-0.2, -0.15) is 21.6 Å². The van der Waals surface area contributed by atoms with Crippen LogP contribution in [0.3, 0.4) is 0 Å². The molecule has 0 saturated heterocycles. The fraction of sp³-hybridized carbons (Fsp3) is 1.00. The number of hydrogen-bond donors (Lipinski definition) is 0. The van der Waals surface area contributed by atoms with Gasteiger partial charge in [0.15, 0.2) is 0 Å². The standard InChI is InChI=1S/C5H9F3O3S.K.H/c1-2-3-4-11-12(9,10)5(6,7)8;;/h2-4H2,1H3;;/q;+1;-1. The molecule has 3 nitrogen and oxygen atoms in total. The van der Waals surface area contributed by atoms with Crippen molar-refractivity contribution < 1.29 is 78.6 Å². The Morgan fingerprint density at radius 3 is 2.15 bits per heavy atom. The molecular formula is C5H10F3KO3S. The molecule has 13 heavy (non-hydrogen) atoms. The minimum atomic E-state index is -5.37. The minimum Gasteiger partial charge on any atom is -1.00 e. The van der Waals surface area contributed by atoms with Crippen LogP contribution in [0.5, 0.6) is 0 Å². The monoisotopic (exact) mass is 246 g/mol. The smallest absolute Gasteiger partial charge is 1.00 e. The van der Waals surface area contributed by atoms with E-state index in [0.717, 1.165) is 0 Å². The van der Waals surface area contributed by atoms with Crippen LogP contribution in [0.1, 0.15) is 21.2 Å². The first-order chi connectivity index (χ1) is 5.31. The molecule has 0 amide bonds. The summed E-state index contributed by atoms with van der Waals surface area (Å²) >= 11 is 0. The normalized spacial score (nSPS) is 12.3. The first-order valence-electron chi connectivity index (χ1n) is 3.27. The molecule has 0 radical (unpaired) electrons. The molecule has 0 aromatic rings. The van der Waals surface area contributed by atoms with E-state index in [2.05, 4.69) is 4.18 Å². The Labute approximate surface area is 119 Å². The largest absolute Gasteiger partial charge is 1.00 e. The Morgan fingerprint density at radius 1 is 1.38 bits per heavy atom. The van der Waals surface area contributed by atoms with Crippen LogP contribution in [-0.4, -0.2) is 20.5 Å². The summed E-state index contributed by atoms with van der Waals surface area (Å²) in [6, 6.07) is 0. The minimum absolute atomic E-state index is 0. The number of halogens is 3. The van der Waals surface area contributed by atoms with Crippen LogP contribution in [0.4, 0.5) is 13.2 Å². The van der Waals surface area contributed by atoms with Gasteiger partial charge in [-0.1, -0.05) is 13.3 Å². The van der Waals surface area contributed by atoms with E-state index in [1.807, 2.05) is 0 Å². The Bertz CT molecular complexity index is 229. The second kappa shape index (κ2) is 6.75. The maximum absolute atomic E-state index is 11.5. The van der Waals surface area contributed by atoms with Crippen molar-refractivity contribution in [2.45, 2.75) is 25.3 Å². The van der Waals surface area contributed by atoms with Crippen LogP contribution in [0, 0.1) is 0 Å². The summed E-state index contributed by atoms with van der Waals surface area (Å²) in [6.07, 6.45) is 0.864. The Hall–Kier alpha value is 1.34. The third kappa shape index (κ3) is 6.42. The molecule has 0 rings (SSSR count). The molecule has 8 heteroatoms. The topological polar surface area (TPSA) is 43.4 Å². The van der Waals surface area contributed by atoms with Gasteiger partial charge in [-0.05, 0) is 6.42 Å². The van der Waals surface area contributed by atoms with Crippen molar-refractivity contribution in [1.82, 2.24) is 0 Å². The number of hydrogen-bond acceptors (Lipinski definition) is 3. The van der Waals surface area contributed by atoms with Crippen molar-refractivity contribution in [2.24, 2.45) is 0 Å². The van der Waals surface area contributed by atoms with E-state index in [9.17, 15) is 21.6 Å². The zero-order valence-electron chi connectivity index (χ0n) is 8.39. The van der Waals surface area contributed by atoms with Gasteiger partial charge in [0, 0.05) is 0 Å². The van der Waals surface area contributed by atoms with Crippen LogP contribution in [0.2, 0.25) is 0 Å². The van der Waals surface area contributed by atoms with Crippen LogP contribution >= 0.6 is 0 Å². The van der Waals surface area contributed by atoms with E-state index in [0.29, 0.717) is 6.42 Å². The molecule has 0 heterocycles. The first-order valence-corrected chi connectivity index (χ1v) is 4.68. The molecule has 0 saturated carbocycles. The van der Waals surface area contributed by atoms with Gasteiger partial charge in [0.05, 0.1) is 6.61 Å². The fourth-order valence-corrected chi connectivity index (χ4v) is 0.851. The molecule has 0 aliphatic carbocycles. The average Bonchev–Trinajstić information content (AvgIpc) is 1.85. The van der Waals surface area contributed by atoms with Gasteiger partial charge in [-0.3, -0.25) is 4.18 Å². The van der Waals surface area contributed by atoms with Gasteiger partial charge in [0.25, 0.3) is 0 Å². The number of alkyl halides is 3. The third-order valence-corrected chi connectivity index (χ3v) is 2.06. The Morgan fingerprint density at radius 2 is 1.85 bits per heavy atom. The maximum atomic E-state index is 11.5. The van der Waals surface area contributed by atoms with Crippen molar-refractivity contribution in [1.29, 1.82) is 0 Å². The summed E-state index contributed by atoms with van der Waals surface area (Å²) in [7, 11) is -5.37. The molecule has 0 bridgehead atoms. The average molecular weight is 246 g/mol. The van der Waals surface area contributed by atoms with Crippen LogP contribution in [-0.2, 0) is 14.3 Å². The van der Waals surface area contributed by atoms with Crippen molar-refractivity contribution in [2.75, 3.05) is 6.61 Å². The number of rotatable bonds is 4. The van der Waals surface area contributed by atoms with Crippen molar-refractivity contribution >= 4 is 10.1 Å². The maximum Gasteiger partial charge on any atom is 1.00 e. The molecular weight excluding hydrogens is 236 g/mol.